The Hall–Kier alpha value is -3.52. The molecule has 0 unspecified atom stereocenters. The van der Waals surface area contributed by atoms with E-state index in [1.54, 1.807) is 47.2 Å². The zero-order valence-corrected chi connectivity index (χ0v) is 17.6. The first-order valence-corrected chi connectivity index (χ1v) is 11.3. The van der Waals surface area contributed by atoms with Crippen molar-refractivity contribution in [1.29, 1.82) is 0 Å². The number of rotatable bonds is 6. The van der Waals surface area contributed by atoms with Crippen molar-refractivity contribution >= 4 is 32.5 Å². The predicted molar refractivity (Wildman–Crippen MR) is 117 cm³/mol. The van der Waals surface area contributed by atoms with Gasteiger partial charge in [0, 0.05) is 23.3 Å². The van der Waals surface area contributed by atoms with Crippen LogP contribution in [0, 0.1) is 12.7 Å². The van der Waals surface area contributed by atoms with Gasteiger partial charge in [0.25, 0.3) is 0 Å². The number of halogens is 1. The molecule has 6 nitrogen and oxygen atoms in total. The summed E-state index contributed by atoms with van der Waals surface area (Å²) in [4.78, 5) is 16.9. The van der Waals surface area contributed by atoms with E-state index in [0.29, 0.717) is 22.3 Å². The Balaban J connectivity index is 1.66. The van der Waals surface area contributed by atoms with E-state index in [4.69, 9.17) is 0 Å². The van der Waals surface area contributed by atoms with Gasteiger partial charge >= 0.3 is 0 Å². The van der Waals surface area contributed by atoms with Gasteiger partial charge in [0.15, 0.2) is 9.84 Å². The van der Waals surface area contributed by atoms with Crippen molar-refractivity contribution < 1.29 is 17.6 Å². The SMILES string of the molecule is Cc1cccnc1NC(=O)Cn1cc(S(=O)(=O)Cc2cccc(F)c2)c2ccccc21. The van der Waals surface area contributed by atoms with Crippen molar-refractivity contribution in [1.82, 2.24) is 9.55 Å². The summed E-state index contributed by atoms with van der Waals surface area (Å²) < 4.78 is 41.3. The molecule has 8 heteroatoms. The average molecular weight is 437 g/mol. The van der Waals surface area contributed by atoms with Crippen LogP contribution in [0.4, 0.5) is 10.2 Å². The van der Waals surface area contributed by atoms with Crippen LogP contribution in [0.25, 0.3) is 10.9 Å². The maximum atomic E-state index is 13.5. The fourth-order valence-corrected chi connectivity index (χ4v) is 5.03. The Morgan fingerprint density at radius 3 is 2.68 bits per heavy atom. The number of aryl methyl sites for hydroxylation is 1. The minimum absolute atomic E-state index is 0.0774. The summed E-state index contributed by atoms with van der Waals surface area (Å²) >= 11 is 0. The van der Waals surface area contributed by atoms with Gasteiger partial charge in [-0.25, -0.2) is 17.8 Å². The van der Waals surface area contributed by atoms with Gasteiger partial charge in [-0.2, -0.15) is 0 Å². The molecule has 4 aromatic rings. The summed E-state index contributed by atoms with van der Waals surface area (Å²) in [6, 6.07) is 16.1. The van der Waals surface area contributed by atoms with E-state index < -0.39 is 15.7 Å². The fourth-order valence-electron chi connectivity index (χ4n) is 3.46. The minimum Gasteiger partial charge on any atom is -0.337 e. The molecular weight excluding hydrogens is 417 g/mol. The number of carbonyl (C=O) groups is 1. The molecular formula is C23H20FN3O3S. The van der Waals surface area contributed by atoms with E-state index in [0.717, 1.165) is 5.56 Å². The molecule has 2 aromatic carbocycles. The smallest absolute Gasteiger partial charge is 0.245 e. The summed E-state index contributed by atoms with van der Waals surface area (Å²) in [6.45, 7) is 1.76. The highest BCUT2D eigenvalue weighted by molar-refractivity contribution is 7.90. The van der Waals surface area contributed by atoms with Gasteiger partial charge in [-0.05, 0) is 42.3 Å². The largest absolute Gasteiger partial charge is 0.337 e. The molecule has 0 saturated heterocycles. The van der Waals surface area contributed by atoms with Gasteiger partial charge in [0.1, 0.15) is 18.2 Å². The predicted octanol–water partition coefficient (Wildman–Crippen LogP) is 4.10. The van der Waals surface area contributed by atoms with Crippen molar-refractivity contribution in [2.45, 2.75) is 24.1 Å². The summed E-state index contributed by atoms with van der Waals surface area (Å²) in [5.41, 5.74) is 1.81. The van der Waals surface area contributed by atoms with Gasteiger partial charge in [-0.15, -0.1) is 0 Å². The third-order valence-electron chi connectivity index (χ3n) is 4.91. The molecule has 2 heterocycles. The normalized spacial score (nSPS) is 11.5. The molecule has 158 valence electrons. The highest BCUT2D eigenvalue weighted by atomic mass is 32.2. The van der Waals surface area contributed by atoms with Crippen LogP contribution in [0.1, 0.15) is 11.1 Å². The van der Waals surface area contributed by atoms with E-state index in [1.165, 1.54) is 24.4 Å². The standard InChI is InChI=1S/C23H20FN3O3S/c1-16-6-5-11-25-23(16)26-22(28)14-27-13-21(19-9-2-3-10-20(19)27)31(29,30)15-17-7-4-8-18(24)12-17/h2-13H,14-15H2,1H3,(H,25,26,28). The van der Waals surface area contributed by atoms with Crippen LogP contribution in [0.5, 0.6) is 0 Å². The zero-order chi connectivity index (χ0) is 22.0. The van der Waals surface area contributed by atoms with E-state index in [9.17, 15) is 17.6 Å². The van der Waals surface area contributed by atoms with Crippen LogP contribution in [-0.2, 0) is 26.9 Å². The van der Waals surface area contributed by atoms with Crippen LogP contribution in [-0.4, -0.2) is 23.9 Å². The molecule has 0 fully saturated rings. The molecule has 4 rings (SSSR count). The lowest BCUT2D eigenvalue weighted by molar-refractivity contribution is -0.116. The molecule has 31 heavy (non-hydrogen) atoms. The lowest BCUT2D eigenvalue weighted by atomic mass is 10.2. The molecule has 1 N–H and O–H groups in total. The molecule has 0 aliphatic rings. The van der Waals surface area contributed by atoms with E-state index in [-0.39, 0.29) is 23.1 Å². The molecule has 0 spiro atoms. The van der Waals surface area contributed by atoms with Gasteiger partial charge in [0.05, 0.1) is 10.6 Å². The van der Waals surface area contributed by atoms with Crippen molar-refractivity contribution in [2.75, 3.05) is 5.32 Å². The van der Waals surface area contributed by atoms with Crippen molar-refractivity contribution in [3.8, 4) is 0 Å². The molecule has 0 aliphatic carbocycles. The Morgan fingerprint density at radius 2 is 1.90 bits per heavy atom. The number of anilines is 1. The van der Waals surface area contributed by atoms with Crippen molar-refractivity contribution in [3.05, 3.63) is 90.0 Å². The second kappa shape index (κ2) is 8.31. The Labute approximate surface area is 179 Å². The number of para-hydroxylation sites is 1. The number of hydrogen-bond donors (Lipinski definition) is 1. The number of aromatic nitrogens is 2. The highest BCUT2D eigenvalue weighted by Crippen LogP contribution is 2.28. The zero-order valence-electron chi connectivity index (χ0n) is 16.7. The number of carbonyl (C=O) groups excluding carboxylic acids is 1. The number of amides is 1. The molecule has 0 radical (unpaired) electrons. The second-order valence-corrected chi connectivity index (χ2v) is 9.20. The van der Waals surface area contributed by atoms with Crippen molar-refractivity contribution in [2.24, 2.45) is 0 Å². The molecule has 0 saturated carbocycles. The molecule has 2 aromatic heterocycles. The third kappa shape index (κ3) is 4.49. The molecule has 0 bridgehead atoms. The Bertz CT molecular complexity index is 1380. The Kier molecular flexibility index (Phi) is 5.56. The first-order valence-electron chi connectivity index (χ1n) is 9.60. The van der Waals surface area contributed by atoms with E-state index >= 15 is 0 Å². The Morgan fingerprint density at radius 1 is 1.10 bits per heavy atom. The lowest BCUT2D eigenvalue weighted by Gasteiger charge is -2.08. The van der Waals surface area contributed by atoms with Gasteiger partial charge in [0.2, 0.25) is 5.91 Å². The monoisotopic (exact) mass is 437 g/mol. The van der Waals surface area contributed by atoms with Crippen LogP contribution in [0.3, 0.4) is 0 Å². The van der Waals surface area contributed by atoms with Crippen LogP contribution in [0.2, 0.25) is 0 Å². The fraction of sp³-hybridized carbons (Fsp3) is 0.130. The average Bonchev–Trinajstić information content (AvgIpc) is 3.09. The topological polar surface area (TPSA) is 81.1 Å². The van der Waals surface area contributed by atoms with E-state index in [1.807, 2.05) is 13.0 Å². The second-order valence-electron chi connectivity index (χ2n) is 7.24. The lowest BCUT2D eigenvalue weighted by Crippen LogP contribution is -2.19. The summed E-state index contributed by atoms with van der Waals surface area (Å²) in [7, 11) is -3.77. The summed E-state index contributed by atoms with van der Waals surface area (Å²) in [6.07, 6.45) is 3.05. The molecule has 0 atom stereocenters. The molecule has 1 amide bonds. The summed E-state index contributed by atoms with van der Waals surface area (Å²) in [5.74, 6) is -0.686. The van der Waals surface area contributed by atoms with Gasteiger partial charge in [-0.1, -0.05) is 36.4 Å². The van der Waals surface area contributed by atoms with Crippen LogP contribution < -0.4 is 5.32 Å². The first-order chi connectivity index (χ1) is 14.8. The highest BCUT2D eigenvalue weighted by Gasteiger charge is 2.22. The van der Waals surface area contributed by atoms with E-state index in [2.05, 4.69) is 10.3 Å². The first kappa shape index (κ1) is 20.7. The van der Waals surface area contributed by atoms with Crippen LogP contribution >= 0.6 is 0 Å². The van der Waals surface area contributed by atoms with Gasteiger partial charge < -0.3 is 9.88 Å². The third-order valence-corrected chi connectivity index (χ3v) is 6.62. The number of nitrogens with zero attached hydrogens (tertiary/aromatic N) is 2. The van der Waals surface area contributed by atoms with Crippen molar-refractivity contribution in [3.63, 3.8) is 0 Å². The number of nitrogens with one attached hydrogen (secondary N) is 1. The maximum Gasteiger partial charge on any atom is 0.245 e. The number of pyridine rings is 1. The van der Waals surface area contributed by atoms with Crippen LogP contribution in [0.15, 0.2) is 78.0 Å². The number of hydrogen-bond acceptors (Lipinski definition) is 4. The molecule has 0 aliphatic heterocycles. The number of fused-ring (bicyclic) bond motifs is 1. The van der Waals surface area contributed by atoms with Gasteiger partial charge in [-0.3, -0.25) is 4.79 Å². The number of benzene rings is 2. The maximum absolute atomic E-state index is 13.5. The minimum atomic E-state index is -3.77. The number of sulfone groups is 1. The summed E-state index contributed by atoms with van der Waals surface area (Å²) in [5, 5.41) is 3.27. The quantitative estimate of drug-likeness (QED) is 0.493.